The molecule has 1 aromatic carbocycles. The fraction of sp³-hybridized carbons (Fsp3) is 0.118. The van der Waals surface area contributed by atoms with Crippen molar-refractivity contribution in [2.75, 3.05) is 0 Å². The molecule has 1 saturated heterocycles. The molecule has 1 N–H and O–H groups in total. The molecule has 0 radical (unpaired) electrons. The molecule has 1 fully saturated rings. The van der Waals surface area contributed by atoms with E-state index in [1.165, 1.54) is 32.3 Å². The zero-order valence-corrected chi connectivity index (χ0v) is 14.6. The average molecular weight is 369 g/mol. The number of aryl methyl sites for hydroxylation is 1. The lowest BCUT2D eigenvalue weighted by atomic mass is 10.0. The van der Waals surface area contributed by atoms with Crippen molar-refractivity contribution in [3.8, 4) is 0 Å². The topological polar surface area (TPSA) is 74.9 Å². The van der Waals surface area contributed by atoms with Gasteiger partial charge in [-0.3, -0.25) is 14.1 Å². The summed E-state index contributed by atoms with van der Waals surface area (Å²) in [7, 11) is 0. The van der Waals surface area contributed by atoms with E-state index in [1.807, 2.05) is 10.6 Å². The Bertz CT molecular complexity index is 1150. The predicted octanol–water partition coefficient (Wildman–Crippen LogP) is 3.08. The van der Waals surface area contributed by atoms with Gasteiger partial charge in [-0.15, -0.1) is 11.8 Å². The molecule has 5 rings (SSSR count). The summed E-state index contributed by atoms with van der Waals surface area (Å²) >= 11 is 2.94. The van der Waals surface area contributed by atoms with Gasteiger partial charge in [0.05, 0.1) is 21.5 Å². The first-order valence-electron chi connectivity index (χ1n) is 7.55. The highest BCUT2D eigenvalue weighted by atomic mass is 32.2. The average Bonchev–Trinajstić information content (AvgIpc) is 3.23. The second kappa shape index (κ2) is 4.96. The first kappa shape index (κ1) is 14.7. The lowest BCUT2D eigenvalue weighted by Crippen LogP contribution is -2.51. The summed E-state index contributed by atoms with van der Waals surface area (Å²) in [6.07, 6.45) is 3.68. The summed E-state index contributed by atoms with van der Waals surface area (Å²) in [5.74, 6) is -1.34. The molecular formula is C17H11N3O3S2. The van der Waals surface area contributed by atoms with Gasteiger partial charge in [0.2, 0.25) is 0 Å². The summed E-state index contributed by atoms with van der Waals surface area (Å²) in [6, 6.07) is 6.28. The van der Waals surface area contributed by atoms with Gasteiger partial charge in [0.25, 0.3) is 5.91 Å². The molecule has 0 saturated carbocycles. The number of thioether (sulfide) groups is 1. The number of rotatable bonds is 2. The van der Waals surface area contributed by atoms with Crippen LogP contribution in [0.4, 0.5) is 0 Å². The number of carbonyl (C=O) groups is 2. The Hall–Kier alpha value is -2.58. The Balaban J connectivity index is 1.53. The van der Waals surface area contributed by atoms with E-state index in [0.717, 1.165) is 10.5 Å². The van der Waals surface area contributed by atoms with Crippen LogP contribution in [0.3, 0.4) is 0 Å². The highest BCUT2D eigenvalue weighted by Crippen LogP contribution is 2.45. The highest BCUT2D eigenvalue weighted by molar-refractivity contribution is 8.03. The molecule has 124 valence electrons. The molecule has 4 heterocycles. The molecule has 1 atom stereocenters. The van der Waals surface area contributed by atoms with E-state index in [0.29, 0.717) is 11.3 Å². The minimum atomic E-state index is -1.08. The van der Waals surface area contributed by atoms with Gasteiger partial charge < -0.3 is 5.11 Å². The second-order valence-electron chi connectivity index (χ2n) is 5.96. The third-order valence-electron chi connectivity index (χ3n) is 4.32. The summed E-state index contributed by atoms with van der Waals surface area (Å²) in [5, 5.41) is 10.4. The van der Waals surface area contributed by atoms with Gasteiger partial charge in [-0.05, 0) is 30.7 Å². The van der Waals surface area contributed by atoms with Crippen molar-refractivity contribution in [1.29, 1.82) is 0 Å². The van der Waals surface area contributed by atoms with Gasteiger partial charge in [-0.2, -0.15) is 0 Å². The molecular weight excluding hydrogens is 358 g/mol. The van der Waals surface area contributed by atoms with Gasteiger partial charge in [-0.25, -0.2) is 9.78 Å². The summed E-state index contributed by atoms with van der Waals surface area (Å²) < 4.78 is 3.20. The molecule has 25 heavy (non-hydrogen) atoms. The minimum Gasteiger partial charge on any atom is -0.477 e. The zero-order valence-electron chi connectivity index (χ0n) is 13.0. The molecule has 0 spiro atoms. The third kappa shape index (κ3) is 2.01. The summed E-state index contributed by atoms with van der Waals surface area (Å²) in [6.45, 7) is 2.05. The Kier molecular flexibility index (Phi) is 2.93. The second-order valence-corrected chi connectivity index (χ2v) is 7.93. The summed E-state index contributed by atoms with van der Waals surface area (Å²) in [5.41, 5.74) is 3.62. The Morgan fingerprint density at radius 3 is 3.04 bits per heavy atom. The molecule has 0 unspecified atom stereocenters. The fourth-order valence-corrected chi connectivity index (χ4v) is 5.23. The molecule has 0 bridgehead atoms. The number of carboxylic acid groups (broad SMARTS) is 1. The van der Waals surface area contributed by atoms with Gasteiger partial charge in [0.15, 0.2) is 4.96 Å². The van der Waals surface area contributed by atoms with Crippen LogP contribution >= 0.6 is 23.1 Å². The highest BCUT2D eigenvalue weighted by Gasteiger charge is 2.49. The van der Waals surface area contributed by atoms with Crippen molar-refractivity contribution in [2.45, 2.75) is 12.3 Å². The summed E-state index contributed by atoms with van der Waals surface area (Å²) in [4.78, 5) is 30.2. The van der Waals surface area contributed by atoms with Gasteiger partial charge in [0.1, 0.15) is 11.1 Å². The van der Waals surface area contributed by atoms with Crippen molar-refractivity contribution >= 4 is 56.2 Å². The minimum absolute atomic E-state index is 0.0458. The number of hydrogen-bond donors (Lipinski definition) is 1. The van der Waals surface area contributed by atoms with Crippen molar-refractivity contribution < 1.29 is 14.7 Å². The van der Waals surface area contributed by atoms with E-state index in [4.69, 9.17) is 5.11 Å². The van der Waals surface area contributed by atoms with Crippen molar-refractivity contribution in [2.24, 2.45) is 0 Å². The van der Waals surface area contributed by atoms with Gasteiger partial charge >= 0.3 is 5.97 Å². The van der Waals surface area contributed by atoms with E-state index < -0.39 is 5.97 Å². The largest absolute Gasteiger partial charge is 0.477 e. The number of fused-ring (bicyclic) bond motifs is 4. The third-order valence-corrected chi connectivity index (χ3v) is 6.44. The molecule has 8 heteroatoms. The molecule has 2 aromatic heterocycles. The number of aliphatic carboxylic acids is 1. The predicted molar refractivity (Wildman–Crippen MR) is 97.2 cm³/mol. The SMILES string of the molecule is Cc1ccc2sc3nc(C=C4C(=O)N5C(C(=O)O)=CS[C@H]45)cn3c2c1. The maximum absolute atomic E-state index is 12.3. The fourth-order valence-electron chi connectivity index (χ4n) is 3.12. The number of thiazole rings is 1. The Labute approximate surface area is 150 Å². The number of carboxylic acids is 1. The van der Waals surface area contributed by atoms with Gasteiger partial charge in [0, 0.05) is 11.6 Å². The van der Waals surface area contributed by atoms with Crippen LogP contribution in [-0.2, 0) is 9.59 Å². The quantitative estimate of drug-likeness (QED) is 0.555. The standard InChI is InChI=1S/C17H11N3O3S2/c1-8-2-3-13-11(4-8)19-6-9(18-17(19)25-13)5-10-14(21)20-12(16(22)23)7-24-15(10)20/h2-7,15H,1H3,(H,22,23)/t15-/m1/s1. The maximum atomic E-state index is 12.3. The number of nitrogens with zero attached hydrogens (tertiary/aromatic N) is 3. The van der Waals surface area contributed by atoms with Gasteiger partial charge in [-0.1, -0.05) is 17.4 Å². The Morgan fingerprint density at radius 2 is 2.24 bits per heavy atom. The van der Waals surface area contributed by atoms with Crippen LogP contribution in [0.5, 0.6) is 0 Å². The van der Waals surface area contributed by atoms with Crippen LogP contribution < -0.4 is 0 Å². The van der Waals surface area contributed by atoms with Crippen LogP contribution in [0.1, 0.15) is 11.3 Å². The van der Waals surface area contributed by atoms with Crippen molar-refractivity contribution in [1.82, 2.24) is 14.3 Å². The molecule has 2 aliphatic heterocycles. The first-order chi connectivity index (χ1) is 12.0. The lowest BCUT2D eigenvalue weighted by Gasteiger charge is -2.36. The Morgan fingerprint density at radius 1 is 1.40 bits per heavy atom. The number of amides is 1. The smallest absolute Gasteiger partial charge is 0.353 e. The van der Waals surface area contributed by atoms with Crippen LogP contribution in [0.15, 0.2) is 41.1 Å². The molecule has 2 aliphatic rings. The van der Waals surface area contributed by atoms with Crippen LogP contribution in [0, 0.1) is 6.92 Å². The number of hydrogen-bond acceptors (Lipinski definition) is 5. The van der Waals surface area contributed by atoms with Crippen molar-refractivity contribution in [3.63, 3.8) is 0 Å². The monoisotopic (exact) mass is 369 g/mol. The lowest BCUT2D eigenvalue weighted by molar-refractivity contribution is -0.141. The first-order valence-corrected chi connectivity index (χ1v) is 9.31. The van der Waals surface area contributed by atoms with E-state index in [2.05, 4.69) is 30.1 Å². The van der Waals surface area contributed by atoms with Crippen molar-refractivity contribution in [3.05, 3.63) is 52.3 Å². The zero-order chi connectivity index (χ0) is 17.3. The van der Waals surface area contributed by atoms with E-state index >= 15 is 0 Å². The van der Waals surface area contributed by atoms with Crippen LogP contribution in [-0.4, -0.2) is 36.6 Å². The van der Waals surface area contributed by atoms with E-state index in [-0.39, 0.29) is 17.0 Å². The number of β-lactam (4-membered cyclic amide) rings is 1. The van der Waals surface area contributed by atoms with E-state index in [1.54, 1.807) is 17.4 Å². The molecule has 3 aromatic rings. The van der Waals surface area contributed by atoms with Crippen LogP contribution in [0.2, 0.25) is 0 Å². The molecule has 1 amide bonds. The number of imidazole rings is 1. The number of carbonyl (C=O) groups excluding carboxylic acids is 1. The number of aromatic nitrogens is 2. The number of benzene rings is 1. The normalized spacial score (nSPS) is 21.1. The van der Waals surface area contributed by atoms with Crippen LogP contribution in [0.25, 0.3) is 21.3 Å². The molecule has 0 aliphatic carbocycles. The maximum Gasteiger partial charge on any atom is 0.353 e. The van der Waals surface area contributed by atoms with E-state index in [9.17, 15) is 9.59 Å². The molecule has 6 nitrogen and oxygen atoms in total.